The first-order valence-corrected chi connectivity index (χ1v) is 3.75. The number of allylic oxidation sites excluding steroid dienone is 1. The molecule has 0 aromatic heterocycles. The maximum Gasteiger partial charge on any atom is 0.252 e. The highest BCUT2D eigenvalue weighted by Crippen LogP contribution is 2.24. The topological polar surface area (TPSA) is 29.1 Å². The summed E-state index contributed by atoms with van der Waals surface area (Å²) in [5, 5.41) is 2.69. The quantitative estimate of drug-likeness (QED) is 0.606. The van der Waals surface area contributed by atoms with E-state index in [0.717, 1.165) is 16.8 Å². The van der Waals surface area contributed by atoms with E-state index < -0.39 is 0 Å². The second-order valence-electron chi connectivity index (χ2n) is 3.13. The Balaban J connectivity index is 3.07. The Morgan fingerprint density at radius 2 is 2.00 bits per heavy atom. The van der Waals surface area contributed by atoms with Crippen LogP contribution < -0.4 is 5.32 Å². The molecule has 1 aliphatic rings. The molecule has 0 radical (unpaired) electrons. The van der Waals surface area contributed by atoms with Crippen molar-refractivity contribution >= 4 is 5.91 Å². The van der Waals surface area contributed by atoms with Gasteiger partial charge in [0.15, 0.2) is 0 Å². The molecule has 0 bridgehead atoms. The van der Waals surface area contributed by atoms with Crippen LogP contribution in [0.4, 0.5) is 0 Å². The van der Waals surface area contributed by atoms with Crippen LogP contribution in [0.25, 0.3) is 0 Å². The fourth-order valence-electron chi connectivity index (χ4n) is 1.33. The maximum absolute atomic E-state index is 11.2. The van der Waals surface area contributed by atoms with E-state index in [0.29, 0.717) is 0 Å². The van der Waals surface area contributed by atoms with Crippen LogP contribution in [0.1, 0.15) is 20.8 Å². The summed E-state index contributed by atoms with van der Waals surface area (Å²) in [4.78, 5) is 11.2. The minimum atomic E-state index is 0.0162. The van der Waals surface area contributed by atoms with Gasteiger partial charge in [0.05, 0.1) is 0 Å². The Kier molecular flexibility index (Phi) is 1.85. The molecule has 1 amide bonds. The Hall–Kier alpha value is -1.05. The van der Waals surface area contributed by atoms with Gasteiger partial charge in [0.25, 0.3) is 5.91 Å². The van der Waals surface area contributed by atoms with Crippen molar-refractivity contribution in [1.82, 2.24) is 5.32 Å². The molecule has 2 heteroatoms. The molecule has 11 heavy (non-hydrogen) atoms. The zero-order valence-corrected chi connectivity index (χ0v) is 7.19. The van der Waals surface area contributed by atoms with Crippen LogP contribution in [0.3, 0.4) is 0 Å². The zero-order valence-electron chi connectivity index (χ0n) is 7.19. The van der Waals surface area contributed by atoms with Crippen molar-refractivity contribution in [1.29, 1.82) is 0 Å². The maximum atomic E-state index is 11.2. The SMILES string of the molecule is C=C1NC(=O)C(C(C)C)=C1C. The molecule has 0 saturated carbocycles. The Labute approximate surface area is 67.0 Å². The molecule has 1 N–H and O–H groups in total. The number of carbonyl (C=O) groups excluding carboxylic acids is 1. The lowest BCUT2D eigenvalue weighted by Gasteiger charge is -2.03. The van der Waals surface area contributed by atoms with E-state index in [-0.39, 0.29) is 11.8 Å². The van der Waals surface area contributed by atoms with Crippen molar-refractivity contribution in [2.45, 2.75) is 20.8 Å². The van der Waals surface area contributed by atoms with Crippen LogP contribution in [0.5, 0.6) is 0 Å². The lowest BCUT2D eigenvalue weighted by molar-refractivity contribution is -0.116. The van der Waals surface area contributed by atoms with Crippen molar-refractivity contribution in [3.05, 3.63) is 23.4 Å². The Bertz CT molecular complexity index is 248. The second-order valence-corrected chi connectivity index (χ2v) is 3.13. The fourth-order valence-corrected chi connectivity index (χ4v) is 1.33. The third-order valence-electron chi connectivity index (χ3n) is 1.94. The summed E-state index contributed by atoms with van der Waals surface area (Å²) in [6.45, 7) is 9.68. The second kappa shape index (κ2) is 2.53. The molecule has 1 rings (SSSR count). The highest BCUT2D eigenvalue weighted by Gasteiger charge is 2.24. The van der Waals surface area contributed by atoms with Gasteiger partial charge in [-0.25, -0.2) is 0 Å². The summed E-state index contributed by atoms with van der Waals surface area (Å²) < 4.78 is 0. The van der Waals surface area contributed by atoms with Gasteiger partial charge in [-0.1, -0.05) is 20.4 Å². The van der Waals surface area contributed by atoms with E-state index in [1.54, 1.807) is 0 Å². The molecule has 0 unspecified atom stereocenters. The van der Waals surface area contributed by atoms with E-state index in [1.165, 1.54) is 0 Å². The number of hydrogen-bond donors (Lipinski definition) is 1. The van der Waals surface area contributed by atoms with Crippen molar-refractivity contribution in [3.8, 4) is 0 Å². The molecule has 1 heterocycles. The van der Waals surface area contributed by atoms with Gasteiger partial charge in [0.2, 0.25) is 0 Å². The van der Waals surface area contributed by atoms with Gasteiger partial charge >= 0.3 is 0 Å². The van der Waals surface area contributed by atoms with Crippen LogP contribution in [0.2, 0.25) is 0 Å². The lowest BCUT2D eigenvalue weighted by Crippen LogP contribution is -2.17. The minimum Gasteiger partial charge on any atom is -0.323 e. The molecule has 0 saturated heterocycles. The zero-order chi connectivity index (χ0) is 8.59. The summed E-state index contributed by atoms with van der Waals surface area (Å²) in [6.07, 6.45) is 0. The standard InChI is InChI=1S/C9H13NO/c1-5(2)8-6(3)7(4)10-9(8)11/h5H,4H2,1-3H3,(H,10,11). The highest BCUT2D eigenvalue weighted by molar-refractivity contribution is 6.00. The van der Waals surface area contributed by atoms with E-state index >= 15 is 0 Å². The van der Waals surface area contributed by atoms with Gasteiger partial charge in [-0.15, -0.1) is 0 Å². The summed E-state index contributed by atoms with van der Waals surface area (Å²) in [5.41, 5.74) is 2.62. The van der Waals surface area contributed by atoms with E-state index in [1.807, 2.05) is 20.8 Å². The fraction of sp³-hybridized carbons (Fsp3) is 0.444. The number of amides is 1. The van der Waals surface area contributed by atoms with Crippen LogP contribution in [0, 0.1) is 5.92 Å². The van der Waals surface area contributed by atoms with E-state index in [2.05, 4.69) is 11.9 Å². The number of hydrogen-bond acceptors (Lipinski definition) is 1. The molecule has 0 aromatic carbocycles. The third-order valence-corrected chi connectivity index (χ3v) is 1.94. The first-order chi connectivity index (χ1) is 5.04. The van der Waals surface area contributed by atoms with Crippen LogP contribution >= 0.6 is 0 Å². The highest BCUT2D eigenvalue weighted by atomic mass is 16.2. The van der Waals surface area contributed by atoms with Crippen molar-refractivity contribution in [3.63, 3.8) is 0 Å². The van der Waals surface area contributed by atoms with Crippen LogP contribution in [0.15, 0.2) is 23.4 Å². The lowest BCUT2D eigenvalue weighted by atomic mass is 9.99. The van der Waals surface area contributed by atoms with Crippen molar-refractivity contribution in [2.75, 3.05) is 0 Å². The van der Waals surface area contributed by atoms with E-state index in [9.17, 15) is 4.79 Å². The van der Waals surface area contributed by atoms with Gasteiger partial charge in [0, 0.05) is 11.3 Å². The van der Waals surface area contributed by atoms with Crippen LogP contribution in [-0.2, 0) is 4.79 Å². The number of rotatable bonds is 1. The molecule has 0 atom stereocenters. The smallest absolute Gasteiger partial charge is 0.252 e. The average Bonchev–Trinajstić information content (AvgIpc) is 2.07. The Morgan fingerprint density at radius 1 is 1.45 bits per heavy atom. The molecular formula is C9H13NO. The third kappa shape index (κ3) is 1.20. The van der Waals surface area contributed by atoms with Gasteiger partial charge < -0.3 is 5.32 Å². The normalized spacial score (nSPS) is 18.2. The van der Waals surface area contributed by atoms with Gasteiger partial charge in [-0.3, -0.25) is 4.79 Å². The van der Waals surface area contributed by atoms with E-state index in [4.69, 9.17) is 0 Å². The monoisotopic (exact) mass is 151 g/mol. The molecule has 2 nitrogen and oxygen atoms in total. The predicted molar refractivity (Wildman–Crippen MR) is 44.8 cm³/mol. The largest absolute Gasteiger partial charge is 0.323 e. The minimum absolute atomic E-state index is 0.0162. The summed E-state index contributed by atoms with van der Waals surface area (Å²) in [6, 6.07) is 0. The number of carbonyl (C=O) groups is 1. The molecule has 60 valence electrons. The average molecular weight is 151 g/mol. The summed E-state index contributed by atoms with van der Waals surface area (Å²) in [7, 11) is 0. The first-order valence-electron chi connectivity index (χ1n) is 3.75. The summed E-state index contributed by atoms with van der Waals surface area (Å²) in [5.74, 6) is 0.303. The Morgan fingerprint density at radius 3 is 2.18 bits per heavy atom. The van der Waals surface area contributed by atoms with Crippen molar-refractivity contribution < 1.29 is 4.79 Å². The van der Waals surface area contributed by atoms with Crippen molar-refractivity contribution in [2.24, 2.45) is 5.92 Å². The molecule has 1 aliphatic heterocycles. The molecular weight excluding hydrogens is 138 g/mol. The molecule has 0 aliphatic carbocycles. The molecule has 0 fully saturated rings. The molecule has 0 spiro atoms. The first kappa shape index (κ1) is 8.05. The summed E-state index contributed by atoms with van der Waals surface area (Å²) >= 11 is 0. The predicted octanol–water partition coefficient (Wildman–Crippen LogP) is 1.60. The van der Waals surface area contributed by atoms with Gasteiger partial charge in [-0.2, -0.15) is 0 Å². The van der Waals surface area contributed by atoms with Gasteiger partial charge in [-0.05, 0) is 18.4 Å². The van der Waals surface area contributed by atoms with Gasteiger partial charge in [0.1, 0.15) is 0 Å². The molecule has 0 aromatic rings. The number of nitrogens with one attached hydrogen (secondary N) is 1. The van der Waals surface area contributed by atoms with Crippen LogP contribution in [-0.4, -0.2) is 5.91 Å².